The van der Waals surface area contributed by atoms with Crippen molar-refractivity contribution in [3.8, 4) is 5.82 Å². The third-order valence-electron chi connectivity index (χ3n) is 3.65. The summed E-state index contributed by atoms with van der Waals surface area (Å²) in [5, 5.41) is 6.63. The van der Waals surface area contributed by atoms with Crippen molar-refractivity contribution in [1.82, 2.24) is 25.2 Å². The Labute approximate surface area is 147 Å². The second-order valence-corrected chi connectivity index (χ2v) is 5.53. The molecular formula is C19H22N6. The Bertz CT molecular complexity index is 796. The summed E-state index contributed by atoms with van der Waals surface area (Å²) < 4.78 is 1.88. The zero-order valence-electron chi connectivity index (χ0n) is 14.3. The van der Waals surface area contributed by atoms with E-state index < -0.39 is 0 Å². The topological polar surface area (TPSA) is 67.1 Å². The molecule has 2 N–H and O–H groups in total. The molecule has 0 saturated heterocycles. The summed E-state index contributed by atoms with van der Waals surface area (Å²) in [6.07, 6.45) is 7.15. The van der Waals surface area contributed by atoms with Crippen LogP contribution in [-0.2, 0) is 13.1 Å². The molecule has 0 unspecified atom stereocenters. The highest BCUT2D eigenvalue weighted by Crippen LogP contribution is 2.08. The van der Waals surface area contributed by atoms with E-state index in [2.05, 4.69) is 44.7 Å². The number of aliphatic imine (C=N–C) groups is 1. The van der Waals surface area contributed by atoms with Crippen LogP contribution in [0.2, 0.25) is 0 Å². The number of guanidine groups is 1. The van der Waals surface area contributed by atoms with Crippen LogP contribution in [0.3, 0.4) is 0 Å². The number of rotatable bonds is 6. The van der Waals surface area contributed by atoms with E-state index in [1.54, 1.807) is 18.7 Å². The first-order valence-electron chi connectivity index (χ1n) is 8.34. The summed E-state index contributed by atoms with van der Waals surface area (Å²) in [7, 11) is 0. The lowest BCUT2D eigenvalue weighted by molar-refractivity contribution is 0.815. The molecule has 128 valence electrons. The molecule has 0 radical (unpaired) electrons. The number of nitrogens with zero attached hydrogens (tertiary/aromatic N) is 4. The fraction of sp³-hybridized carbons (Fsp3) is 0.211. The third kappa shape index (κ3) is 4.91. The van der Waals surface area contributed by atoms with Gasteiger partial charge < -0.3 is 10.6 Å². The van der Waals surface area contributed by atoms with Crippen LogP contribution in [0.1, 0.15) is 18.1 Å². The molecular weight excluding hydrogens is 312 g/mol. The van der Waals surface area contributed by atoms with Crippen molar-refractivity contribution in [1.29, 1.82) is 0 Å². The number of aromatic nitrogens is 3. The molecule has 0 bridgehead atoms. The molecule has 25 heavy (non-hydrogen) atoms. The fourth-order valence-electron chi connectivity index (χ4n) is 2.39. The minimum atomic E-state index is 0.578. The largest absolute Gasteiger partial charge is 0.357 e. The average Bonchev–Trinajstić information content (AvgIpc) is 3.20. The molecule has 3 rings (SSSR count). The predicted octanol–water partition coefficient (Wildman–Crippen LogP) is 2.52. The number of pyridine rings is 1. The molecule has 3 aromatic rings. The van der Waals surface area contributed by atoms with Crippen molar-refractivity contribution in [2.45, 2.75) is 20.0 Å². The van der Waals surface area contributed by atoms with E-state index >= 15 is 0 Å². The van der Waals surface area contributed by atoms with Gasteiger partial charge in [0, 0.05) is 31.7 Å². The molecule has 1 aromatic carbocycles. The molecule has 6 nitrogen and oxygen atoms in total. The molecule has 0 spiro atoms. The number of imidazole rings is 1. The monoisotopic (exact) mass is 334 g/mol. The van der Waals surface area contributed by atoms with Crippen LogP contribution >= 0.6 is 0 Å². The summed E-state index contributed by atoms with van der Waals surface area (Å²) >= 11 is 0. The van der Waals surface area contributed by atoms with Crippen LogP contribution in [0.4, 0.5) is 0 Å². The zero-order valence-corrected chi connectivity index (χ0v) is 14.3. The van der Waals surface area contributed by atoms with E-state index in [1.165, 1.54) is 5.56 Å². The molecule has 0 saturated carbocycles. The summed E-state index contributed by atoms with van der Waals surface area (Å²) in [6, 6.07) is 14.3. The van der Waals surface area contributed by atoms with Gasteiger partial charge in [0.05, 0.1) is 6.54 Å². The predicted molar refractivity (Wildman–Crippen MR) is 99.5 cm³/mol. The van der Waals surface area contributed by atoms with E-state index in [4.69, 9.17) is 0 Å². The molecule has 0 amide bonds. The summed E-state index contributed by atoms with van der Waals surface area (Å²) in [5.41, 5.74) is 2.31. The highest BCUT2D eigenvalue weighted by molar-refractivity contribution is 5.79. The van der Waals surface area contributed by atoms with E-state index in [0.717, 1.165) is 30.4 Å². The average molecular weight is 334 g/mol. The quantitative estimate of drug-likeness (QED) is 0.537. The van der Waals surface area contributed by atoms with Gasteiger partial charge >= 0.3 is 0 Å². The van der Waals surface area contributed by atoms with Crippen molar-refractivity contribution in [3.63, 3.8) is 0 Å². The second kappa shape index (κ2) is 8.63. The normalized spacial score (nSPS) is 11.3. The smallest absolute Gasteiger partial charge is 0.191 e. The van der Waals surface area contributed by atoms with Crippen molar-refractivity contribution in [3.05, 3.63) is 78.5 Å². The van der Waals surface area contributed by atoms with Crippen molar-refractivity contribution in [2.24, 2.45) is 4.99 Å². The summed E-state index contributed by atoms with van der Waals surface area (Å²) in [4.78, 5) is 13.1. The summed E-state index contributed by atoms with van der Waals surface area (Å²) in [6.45, 7) is 4.19. The highest BCUT2D eigenvalue weighted by Gasteiger charge is 2.01. The van der Waals surface area contributed by atoms with Crippen LogP contribution < -0.4 is 10.6 Å². The maximum Gasteiger partial charge on any atom is 0.191 e. The van der Waals surface area contributed by atoms with Gasteiger partial charge in [-0.15, -0.1) is 0 Å². The van der Waals surface area contributed by atoms with Gasteiger partial charge in [-0.05, 0) is 30.2 Å². The Balaban J connectivity index is 1.66. The molecule has 0 aliphatic heterocycles. The van der Waals surface area contributed by atoms with E-state index in [-0.39, 0.29) is 0 Å². The molecule has 0 aliphatic carbocycles. The molecule has 2 aromatic heterocycles. The van der Waals surface area contributed by atoms with Crippen molar-refractivity contribution >= 4 is 5.96 Å². The minimum Gasteiger partial charge on any atom is -0.357 e. The maximum atomic E-state index is 4.66. The minimum absolute atomic E-state index is 0.578. The fourth-order valence-corrected chi connectivity index (χ4v) is 2.39. The first kappa shape index (κ1) is 16.7. The van der Waals surface area contributed by atoms with Crippen LogP contribution in [0, 0.1) is 0 Å². The molecule has 0 aliphatic rings. The lowest BCUT2D eigenvalue weighted by Gasteiger charge is -2.11. The number of hydrogen-bond acceptors (Lipinski definition) is 3. The number of hydrogen-bond donors (Lipinski definition) is 2. The van der Waals surface area contributed by atoms with Crippen molar-refractivity contribution in [2.75, 3.05) is 6.54 Å². The first-order chi connectivity index (χ1) is 12.3. The Morgan fingerprint density at radius 1 is 1.08 bits per heavy atom. The van der Waals surface area contributed by atoms with Gasteiger partial charge in [-0.25, -0.2) is 15.0 Å². The Kier molecular flexibility index (Phi) is 5.77. The van der Waals surface area contributed by atoms with Gasteiger partial charge in [-0.3, -0.25) is 4.57 Å². The van der Waals surface area contributed by atoms with Crippen LogP contribution in [0.25, 0.3) is 5.82 Å². The Morgan fingerprint density at radius 2 is 1.96 bits per heavy atom. The van der Waals surface area contributed by atoms with Crippen LogP contribution in [-0.4, -0.2) is 27.0 Å². The molecule has 6 heteroatoms. The van der Waals surface area contributed by atoms with E-state index in [0.29, 0.717) is 6.54 Å². The van der Waals surface area contributed by atoms with Gasteiger partial charge in [0.2, 0.25) is 0 Å². The SMILES string of the molecule is CCNC(=NCc1ccnc(-n2ccnc2)c1)NCc1ccccc1. The molecule has 0 fully saturated rings. The van der Waals surface area contributed by atoms with Gasteiger partial charge in [-0.2, -0.15) is 0 Å². The lowest BCUT2D eigenvalue weighted by atomic mass is 10.2. The van der Waals surface area contributed by atoms with Gasteiger partial charge in [0.15, 0.2) is 5.96 Å². The highest BCUT2D eigenvalue weighted by atomic mass is 15.2. The number of nitrogens with one attached hydrogen (secondary N) is 2. The molecule has 0 atom stereocenters. The standard InChI is InChI=1S/C19H22N6/c1-2-21-19(23-13-16-6-4-3-5-7-16)24-14-17-8-9-22-18(12-17)25-11-10-20-15-25/h3-12,15H,2,13-14H2,1H3,(H2,21,23,24). The van der Waals surface area contributed by atoms with Crippen LogP contribution in [0.5, 0.6) is 0 Å². The summed E-state index contributed by atoms with van der Waals surface area (Å²) in [5.74, 6) is 1.64. The van der Waals surface area contributed by atoms with E-state index in [1.807, 2.05) is 41.1 Å². The Hall–Kier alpha value is -3.15. The number of benzene rings is 1. The van der Waals surface area contributed by atoms with Crippen molar-refractivity contribution < 1.29 is 0 Å². The van der Waals surface area contributed by atoms with Crippen LogP contribution in [0.15, 0.2) is 72.4 Å². The van der Waals surface area contributed by atoms with Gasteiger partial charge in [-0.1, -0.05) is 30.3 Å². The second-order valence-electron chi connectivity index (χ2n) is 5.53. The molecule has 2 heterocycles. The maximum absolute atomic E-state index is 4.66. The van der Waals surface area contributed by atoms with Gasteiger partial charge in [0.25, 0.3) is 0 Å². The first-order valence-corrected chi connectivity index (χ1v) is 8.34. The lowest BCUT2D eigenvalue weighted by Crippen LogP contribution is -2.36. The third-order valence-corrected chi connectivity index (χ3v) is 3.65. The Morgan fingerprint density at radius 3 is 2.72 bits per heavy atom. The van der Waals surface area contributed by atoms with E-state index in [9.17, 15) is 0 Å². The van der Waals surface area contributed by atoms with Gasteiger partial charge in [0.1, 0.15) is 12.1 Å². The zero-order chi connectivity index (χ0) is 17.3.